The molecule has 0 spiro atoms. The highest BCUT2D eigenvalue weighted by atomic mass is 79.9. The predicted octanol–water partition coefficient (Wildman–Crippen LogP) is 4.38. The van der Waals surface area contributed by atoms with Crippen LogP contribution in [0.1, 0.15) is 12.0 Å². The maximum atomic E-state index is 12.6. The topological polar surface area (TPSA) is 69.6 Å². The second-order valence-electron chi connectivity index (χ2n) is 5.74. The van der Waals surface area contributed by atoms with E-state index in [2.05, 4.69) is 21.2 Å². The number of hydrogen-bond acceptors (Lipinski definition) is 5. The van der Waals surface area contributed by atoms with Crippen molar-refractivity contribution in [2.45, 2.75) is 6.42 Å². The van der Waals surface area contributed by atoms with Gasteiger partial charge in [0.2, 0.25) is 5.91 Å². The van der Waals surface area contributed by atoms with Gasteiger partial charge in [-0.2, -0.15) is 0 Å². The molecule has 0 radical (unpaired) electrons. The number of carbonyl (C=O) groups is 2. The second-order valence-corrected chi connectivity index (χ2v) is 8.33. The number of thiocarbonyl (C=S) groups is 1. The summed E-state index contributed by atoms with van der Waals surface area (Å²) >= 11 is 9.92. The van der Waals surface area contributed by atoms with E-state index in [0.29, 0.717) is 14.9 Å². The van der Waals surface area contributed by atoms with E-state index in [9.17, 15) is 14.7 Å². The summed E-state index contributed by atoms with van der Waals surface area (Å²) in [6.45, 7) is 0.200. The fraction of sp³-hybridized carbons (Fsp3) is 0.105. The molecule has 0 bridgehead atoms. The van der Waals surface area contributed by atoms with Crippen LogP contribution >= 0.6 is 39.9 Å². The molecule has 1 heterocycles. The van der Waals surface area contributed by atoms with Gasteiger partial charge in [0.05, 0.1) is 4.91 Å². The molecule has 0 saturated carbocycles. The Hall–Kier alpha value is -2.16. The Morgan fingerprint density at radius 1 is 1.26 bits per heavy atom. The Morgan fingerprint density at radius 2 is 2.04 bits per heavy atom. The molecule has 1 saturated heterocycles. The minimum atomic E-state index is -0.259. The first-order chi connectivity index (χ1) is 12.9. The average Bonchev–Trinajstić information content (AvgIpc) is 2.86. The van der Waals surface area contributed by atoms with E-state index in [4.69, 9.17) is 12.2 Å². The summed E-state index contributed by atoms with van der Waals surface area (Å²) in [5.41, 5.74) is 1.39. The van der Waals surface area contributed by atoms with Gasteiger partial charge in [0.15, 0.2) is 0 Å². The lowest BCUT2D eigenvalue weighted by Gasteiger charge is -2.14. The quantitative estimate of drug-likeness (QED) is 0.509. The van der Waals surface area contributed by atoms with Crippen LogP contribution in [0.15, 0.2) is 57.9 Å². The molecule has 0 atom stereocenters. The summed E-state index contributed by atoms with van der Waals surface area (Å²) < 4.78 is 1.36. The molecule has 5 nitrogen and oxygen atoms in total. The average molecular weight is 463 g/mol. The molecular weight excluding hydrogens is 448 g/mol. The Bertz CT molecular complexity index is 946. The molecule has 1 aliphatic heterocycles. The van der Waals surface area contributed by atoms with Crippen molar-refractivity contribution in [1.82, 2.24) is 4.90 Å². The Balaban J connectivity index is 1.61. The smallest absolute Gasteiger partial charge is 0.266 e. The molecule has 1 fully saturated rings. The zero-order valence-corrected chi connectivity index (χ0v) is 17.2. The highest BCUT2D eigenvalue weighted by molar-refractivity contribution is 9.10. The van der Waals surface area contributed by atoms with Crippen molar-refractivity contribution < 1.29 is 14.7 Å². The normalized spacial score (nSPS) is 15.4. The molecule has 2 amide bonds. The van der Waals surface area contributed by atoms with E-state index < -0.39 is 0 Å². The SMILES string of the molecule is O=C(CCN1C(=O)/C(=C/c2cccc(Br)c2)SC1=S)Nc1cccc(O)c1. The Morgan fingerprint density at radius 3 is 2.78 bits per heavy atom. The number of nitrogens with zero attached hydrogens (tertiary/aromatic N) is 1. The molecule has 8 heteroatoms. The zero-order chi connectivity index (χ0) is 19.4. The highest BCUT2D eigenvalue weighted by Gasteiger charge is 2.32. The van der Waals surface area contributed by atoms with Gasteiger partial charge < -0.3 is 10.4 Å². The number of nitrogens with one attached hydrogen (secondary N) is 1. The molecule has 27 heavy (non-hydrogen) atoms. The number of aromatic hydroxyl groups is 1. The number of hydrogen-bond donors (Lipinski definition) is 2. The summed E-state index contributed by atoms with van der Waals surface area (Å²) in [6, 6.07) is 13.9. The van der Waals surface area contributed by atoms with Gasteiger partial charge in [-0.15, -0.1) is 0 Å². The van der Waals surface area contributed by atoms with Crippen LogP contribution < -0.4 is 5.32 Å². The van der Waals surface area contributed by atoms with E-state index in [1.165, 1.54) is 28.8 Å². The first-order valence-corrected chi connectivity index (χ1v) is 10.0. The third-order valence-corrected chi connectivity index (χ3v) is 5.58. The second kappa shape index (κ2) is 8.69. The third kappa shape index (κ3) is 5.18. The van der Waals surface area contributed by atoms with Crippen LogP contribution in [-0.2, 0) is 9.59 Å². The molecule has 1 aliphatic rings. The van der Waals surface area contributed by atoms with Gasteiger partial charge in [-0.25, -0.2) is 0 Å². The fourth-order valence-electron chi connectivity index (χ4n) is 2.46. The van der Waals surface area contributed by atoms with Crippen molar-refractivity contribution in [1.29, 1.82) is 0 Å². The van der Waals surface area contributed by atoms with Crippen molar-refractivity contribution in [3.63, 3.8) is 0 Å². The summed E-state index contributed by atoms with van der Waals surface area (Å²) in [6.07, 6.45) is 1.89. The van der Waals surface area contributed by atoms with Gasteiger partial charge in [-0.1, -0.05) is 58.1 Å². The van der Waals surface area contributed by atoms with Crippen molar-refractivity contribution in [2.75, 3.05) is 11.9 Å². The van der Waals surface area contributed by atoms with Crippen LogP contribution in [-0.4, -0.2) is 32.7 Å². The van der Waals surface area contributed by atoms with Gasteiger partial charge in [0.1, 0.15) is 10.1 Å². The summed E-state index contributed by atoms with van der Waals surface area (Å²) in [7, 11) is 0. The lowest BCUT2D eigenvalue weighted by Crippen LogP contribution is -2.31. The molecule has 0 aromatic heterocycles. The maximum absolute atomic E-state index is 12.6. The highest BCUT2D eigenvalue weighted by Crippen LogP contribution is 2.33. The molecule has 3 rings (SSSR count). The van der Waals surface area contributed by atoms with Crippen molar-refractivity contribution in [3.8, 4) is 5.75 Å². The Kier molecular flexibility index (Phi) is 6.30. The number of benzene rings is 2. The van der Waals surface area contributed by atoms with Gasteiger partial charge >= 0.3 is 0 Å². The number of phenols is 1. The fourth-order valence-corrected chi connectivity index (χ4v) is 4.19. The minimum absolute atomic E-state index is 0.0717. The van der Waals surface area contributed by atoms with Crippen LogP contribution in [0, 0.1) is 0 Å². The molecule has 138 valence electrons. The summed E-state index contributed by atoms with van der Waals surface area (Å²) in [4.78, 5) is 26.7. The van der Waals surface area contributed by atoms with Crippen LogP contribution in [0.2, 0.25) is 0 Å². The number of amides is 2. The molecule has 0 aliphatic carbocycles. The van der Waals surface area contributed by atoms with Crippen LogP contribution in [0.4, 0.5) is 5.69 Å². The van der Waals surface area contributed by atoms with Crippen LogP contribution in [0.25, 0.3) is 6.08 Å². The maximum Gasteiger partial charge on any atom is 0.266 e. The van der Waals surface area contributed by atoms with Gasteiger partial charge in [0.25, 0.3) is 5.91 Å². The van der Waals surface area contributed by atoms with Crippen molar-refractivity contribution in [3.05, 3.63) is 63.5 Å². The van der Waals surface area contributed by atoms with E-state index in [1.54, 1.807) is 18.2 Å². The molecule has 0 unspecified atom stereocenters. The van der Waals surface area contributed by atoms with E-state index >= 15 is 0 Å². The lowest BCUT2D eigenvalue weighted by molar-refractivity contribution is -0.122. The van der Waals surface area contributed by atoms with E-state index in [0.717, 1.165) is 10.0 Å². The summed E-state index contributed by atoms with van der Waals surface area (Å²) in [5.74, 6) is -0.386. The van der Waals surface area contributed by atoms with Gasteiger partial charge in [-0.3, -0.25) is 14.5 Å². The number of anilines is 1. The lowest BCUT2D eigenvalue weighted by atomic mass is 10.2. The molecule has 2 aromatic rings. The standard InChI is InChI=1S/C19H15BrN2O3S2/c20-13-4-1-3-12(9-13)10-16-18(25)22(19(26)27-16)8-7-17(24)21-14-5-2-6-15(23)11-14/h1-6,9-11,23H,7-8H2,(H,21,24)/b16-10-. The molecular formula is C19H15BrN2O3S2. The van der Waals surface area contributed by atoms with Crippen molar-refractivity contribution in [2.24, 2.45) is 0 Å². The number of phenolic OH excluding ortho intramolecular Hbond substituents is 1. The number of rotatable bonds is 5. The first kappa shape index (κ1) is 19.6. The third-order valence-electron chi connectivity index (χ3n) is 3.71. The zero-order valence-electron chi connectivity index (χ0n) is 14.0. The largest absolute Gasteiger partial charge is 0.508 e. The molecule has 2 N–H and O–H groups in total. The summed E-state index contributed by atoms with van der Waals surface area (Å²) in [5, 5.41) is 12.1. The van der Waals surface area contributed by atoms with E-state index in [-0.39, 0.29) is 30.5 Å². The van der Waals surface area contributed by atoms with Crippen LogP contribution in [0.3, 0.4) is 0 Å². The van der Waals surface area contributed by atoms with Crippen molar-refractivity contribution >= 4 is 67.8 Å². The Labute approximate surface area is 174 Å². The van der Waals surface area contributed by atoms with Crippen LogP contribution in [0.5, 0.6) is 5.75 Å². The van der Waals surface area contributed by atoms with Gasteiger partial charge in [-0.05, 0) is 35.9 Å². The monoisotopic (exact) mass is 462 g/mol. The predicted molar refractivity (Wildman–Crippen MR) is 115 cm³/mol. The molecule has 2 aromatic carbocycles. The van der Waals surface area contributed by atoms with E-state index in [1.807, 2.05) is 24.3 Å². The number of carbonyl (C=O) groups excluding carboxylic acids is 2. The minimum Gasteiger partial charge on any atom is -0.508 e. The first-order valence-electron chi connectivity index (χ1n) is 8.02. The number of thioether (sulfide) groups is 1. The van der Waals surface area contributed by atoms with Gasteiger partial charge in [0, 0.05) is 29.2 Å². The number of halogens is 1.